The number of carbonyl (C=O) groups excluding carboxylic acids is 1. The molecule has 1 aromatic heterocycles. The minimum atomic E-state index is -0.227. The van der Waals surface area contributed by atoms with Crippen molar-refractivity contribution in [3.63, 3.8) is 0 Å². The number of rotatable bonds is 5. The monoisotopic (exact) mass is 297 g/mol. The van der Waals surface area contributed by atoms with Gasteiger partial charge in [0.15, 0.2) is 5.82 Å². The van der Waals surface area contributed by atoms with Crippen LogP contribution < -0.4 is 16.0 Å². The van der Waals surface area contributed by atoms with Gasteiger partial charge in [-0.15, -0.1) is 10.2 Å². The Balaban J connectivity index is 1.55. The summed E-state index contributed by atoms with van der Waals surface area (Å²) in [7, 11) is 0. The molecule has 2 amide bonds. The molecule has 3 N–H and O–H groups in total. The maximum atomic E-state index is 11.6. The topological polar surface area (TPSA) is 78.9 Å². The Morgan fingerprint density at radius 2 is 1.77 bits per heavy atom. The molecule has 0 radical (unpaired) electrons. The highest BCUT2D eigenvalue weighted by Gasteiger charge is 2.23. The lowest BCUT2D eigenvalue weighted by Gasteiger charge is -2.14. The van der Waals surface area contributed by atoms with Gasteiger partial charge in [-0.05, 0) is 37.5 Å². The smallest absolute Gasteiger partial charge is 0.320 e. The molecule has 0 aliphatic heterocycles. The van der Waals surface area contributed by atoms with Crippen molar-refractivity contribution in [3.05, 3.63) is 48.0 Å². The molecular formula is C16H19N5O. The lowest BCUT2D eigenvalue weighted by atomic mass is 10.1. The van der Waals surface area contributed by atoms with Crippen LogP contribution in [-0.4, -0.2) is 22.3 Å². The largest absolute Gasteiger partial charge is 0.362 e. The molecule has 3 rings (SSSR count). The van der Waals surface area contributed by atoms with Crippen LogP contribution >= 0.6 is 0 Å². The molecule has 1 unspecified atom stereocenters. The highest BCUT2D eigenvalue weighted by atomic mass is 16.2. The Bertz CT molecular complexity index is 625. The van der Waals surface area contributed by atoms with Gasteiger partial charge >= 0.3 is 6.03 Å². The van der Waals surface area contributed by atoms with Gasteiger partial charge in [-0.3, -0.25) is 5.32 Å². The normalized spacial score (nSPS) is 15.0. The Hall–Kier alpha value is -2.63. The van der Waals surface area contributed by atoms with E-state index in [1.807, 2.05) is 18.2 Å². The lowest BCUT2D eigenvalue weighted by molar-refractivity contribution is 0.251. The highest BCUT2D eigenvalue weighted by Crippen LogP contribution is 2.19. The molecular weight excluding hydrogens is 278 g/mol. The van der Waals surface area contributed by atoms with Crippen LogP contribution in [0.4, 0.5) is 16.4 Å². The minimum absolute atomic E-state index is 0.132. The molecule has 1 aliphatic rings. The molecule has 1 heterocycles. The van der Waals surface area contributed by atoms with Gasteiger partial charge in [-0.2, -0.15) is 0 Å². The summed E-state index contributed by atoms with van der Waals surface area (Å²) < 4.78 is 0. The third kappa shape index (κ3) is 3.94. The van der Waals surface area contributed by atoms with E-state index in [1.54, 1.807) is 12.1 Å². The highest BCUT2D eigenvalue weighted by molar-refractivity contribution is 5.88. The standard InChI is InChI=1S/C16H19N5O/c1-11(12-5-3-2-4-6-12)17-14-9-10-15(21-20-14)19-16(22)18-13-7-8-13/h2-6,9-11,13H,7-8H2,1H3,(H,17,20)(H2,18,19,21,22). The average molecular weight is 297 g/mol. The van der Waals surface area contributed by atoms with Gasteiger partial charge in [0.2, 0.25) is 0 Å². The first-order valence-corrected chi connectivity index (χ1v) is 7.43. The quantitative estimate of drug-likeness (QED) is 0.793. The van der Waals surface area contributed by atoms with E-state index in [1.165, 1.54) is 5.56 Å². The van der Waals surface area contributed by atoms with E-state index in [0.717, 1.165) is 12.8 Å². The average Bonchev–Trinajstić information content (AvgIpc) is 3.34. The van der Waals surface area contributed by atoms with Crippen molar-refractivity contribution < 1.29 is 4.79 Å². The molecule has 1 saturated carbocycles. The Kier molecular flexibility index (Phi) is 4.18. The number of nitrogens with zero attached hydrogens (tertiary/aromatic N) is 2. The minimum Gasteiger partial charge on any atom is -0.362 e. The second-order valence-corrected chi connectivity index (χ2v) is 5.45. The SMILES string of the molecule is CC(Nc1ccc(NC(=O)NC2CC2)nn1)c1ccccc1. The van der Waals surface area contributed by atoms with Crippen LogP contribution in [0.3, 0.4) is 0 Å². The third-order valence-electron chi connectivity index (χ3n) is 3.48. The summed E-state index contributed by atoms with van der Waals surface area (Å²) in [5, 5.41) is 16.9. The van der Waals surface area contributed by atoms with Crippen LogP contribution in [0.25, 0.3) is 0 Å². The van der Waals surface area contributed by atoms with E-state index in [-0.39, 0.29) is 12.1 Å². The molecule has 0 spiro atoms. The van der Waals surface area contributed by atoms with Crippen LogP contribution in [0.15, 0.2) is 42.5 Å². The fourth-order valence-corrected chi connectivity index (χ4v) is 2.09. The second kappa shape index (κ2) is 6.43. The van der Waals surface area contributed by atoms with E-state index in [2.05, 4.69) is 45.2 Å². The van der Waals surface area contributed by atoms with Crippen molar-refractivity contribution >= 4 is 17.7 Å². The summed E-state index contributed by atoms with van der Waals surface area (Å²) >= 11 is 0. The predicted octanol–water partition coefficient (Wildman–Crippen LogP) is 2.93. The Labute approximate surface area is 129 Å². The number of urea groups is 1. The number of anilines is 2. The summed E-state index contributed by atoms with van der Waals surface area (Å²) in [6.45, 7) is 2.06. The number of hydrogen-bond donors (Lipinski definition) is 3. The van der Waals surface area contributed by atoms with Crippen molar-refractivity contribution in [2.45, 2.75) is 31.8 Å². The first-order chi connectivity index (χ1) is 10.7. The summed E-state index contributed by atoms with van der Waals surface area (Å²) in [6.07, 6.45) is 2.11. The fourth-order valence-electron chi connectivity index (χ4n) is 2.09. The number of carbonyl (C=O) groups is 1. The molecule has 0 bridgehead atoms. The summed E-state index contributed by atoms with van der Waals surface area (Å²) in [4.78, 5) is 11.6. The number of amides is 2. The first-order valence-electron chi connectivity index (χ1n) is 7.43. The number of aromatic nitrogens is 2. The van der Waals surface area contributed by atoms with Crippen LogP contribution in [0.5, 0.6) is 0 Å². The first kappa shape index (κ1) is 14.3. The Morgan fingerprint density at radius 3 is 2.41 bits per heavy atom. The van der Waals surface area contributed by atoms with Gasteiger partial charge in [0.25, 0.3) is 0 Å². The van der Waals surface area contributed by atoms with Gasteiger partial charge in [-0.1, -0.05) is 30.3 Å². The van der Waals surface area contributed by atoms with Gasteiger partial charge < -0.3 is 10.6 Å². The molecule has 114 valence electrons. The van der Waals surface area contributed by atoms with Crippen LogP contribution in [0, 0.1) is 0 Å². The zero-order valence-corrected chi connectivity index (χ0v) is 12.4. The van der Waals surface area contributed by atoms with Gasteiger partial charge in [-0.25, -0.2) is 4.79 Å². The zero-order chi connectivity index (χ0) is 15.4. The molecule has 22 heavy (non-hydrogen) atoms. The molecule has 6 nitrogen and oxygen atoms in total. The van der Waals surface area contributed by atoms with Crippen molar-refractivity contribution in [2.75, 3.05) is 10.6 Å². The van der Waals surface area contributed by atoms with Crippen LogP contribution in [-0.2, 0) is 0 Å². The number of benzene rings is 1. The molecule has 1 atom stereocenters. The predicted molar refractivity (Wildman–Crippen MR) is 85.7 cm³/mol. The molecule has 1 aliphatic carbocycles. The zero-order valence-electron chi connectivity index (χ0n) is 12.4. The second-order valence-electron chi connectivity index (χ2n) is 5.45. The molecule has 2 aromatic rings. The van der Waals surface area contributed by atoms with Crippen LogP contribution in [0.2, 0.25) is 0 Å². The van der Waals surface area contributed by atoms with Crippen molar-refractivity contribution in [2.24, 2.45) is 0 Å². The number of hydrogen-bond acceptors (Lipinski definition) is 4. The van der Waals surface area contributed by atoms with E-state index >= 15 is 0 Å². The fraction of sp³-hybridized carbons (Fsp3) is 0.312. The Morgan fingerprint density at radius 1 is 1.09 bits per heavy atom. The summed E-state index contributed by atoms with van der Waals surface area (Å²) in [5.41, 5.74) is 1.18. The van der Waals surface area contributed by atoms with E-state index in [0.29, 0.717) is 17.7 Å². The molecule has 6 heteroatoms. The van der Waals surface area contributed by atoms with E-state index in [4.69, 9.17) is 0 Å². The third-order valence-corrected chi connectivity index (χ3v) is 3.48. The van der Waals surface area contributed by atoms with Gasteiger partial charge in [0, 0.05) is 12.1 Å². The van der Waals surface area contributed by atoms with Crippen molar-refractivity contribution in [3.8, 4) is 0 Å². The molecule has 1 fully saturated rings. The summed E-state index contributed by atoms with van der Waals surface area (Å²) in [6, 6.07) is 13.9. The van der Waals surface area contributed by atoms with Crippen molar-refractivity contribution in [1.82, 2.24) is 15.5 Å². The van der Waals surface area contributed by atoms with Gasteiger partial charge in [0.1, 0.15) is 5.82 Å². The number of nitrogens with one attached hydrogen (secondary N) is 3. The molecule has 1 aromatic carbocycles. The van der Waals surface area contributed by atoms with Crippen LogP contribution in [0.1, 0.15) is 31.4 Å². The summed E-state index contributed by atoms with van der Waals surface area (Å²) in [5.74, 6) is 1.11. The van der Waals surface area contributed by atoms with Gasteiger partial charge in [0.05, 0.1) is 0 Å². The lowest BCUT2D eigenvalue weighted by Crippen LogP contribution is -2.30. The maximum absolute atomic E-state index is 11.6. The van der Waals surface area contributed by atoms with E-state index in [9.17, 15) is 4.79 Å². The van der Waals surface area contributed by atoms with Crippen molar-refractivity contribution in [1.29, 1.82) is 0 Å². The maximum Gasteiger partial charge on any atom is 0.320 e. The van der Waals surface area contributed by atoms with E-state index < -0.39 is 0 Å². The molecule has 0 saturated heterocycles.